The second kappa shape index (κ2) is 6.19. The Morgan fingerprint density at radius 3 is 2.76 bits per heavy atom. The van der Waals surface area contributed by atoms with Crippen LogP contribution in [0, 0.1) is 5.92 Å². The molecule has 1 spiro atoms. The number of hydrogen-bond donors (Lipinski definition) is 2. The van der Waals surface area contributed by atoms with Gasteiger partial charge in [0, 0.05) is 45.1 Å². The first kappa shape index (κ1) is 18.4. The zero-order chi connectivity index (χ0) is 20.4. The molecule has 2 aromatic heterocycles. The molecule has 29 heavy (non-hydrogen) atoms. The van der Waals surface area contributed by atoms with E-state index < -0.39 is 5.60 Å². The highest BCUT2D eigenvalue weighted by Crippen LogP contribution is 2.45. The first-order valence-electron chi connectivity index (χ1n) is 10.3. The maximum atomic E-state index is 12.8. The molecule has 2 aliphatic heterocycles. The van der Waals surface area contributed by atoms with Crippen LogP contribution in [-0.2, 0) is 17.4 Å². The summed E-state index contributed by atoms with van der Waals surface area (Å²) in [6, 6.07) is 3.51. The number of imidazole rings is 1. The molecule has 8 heteroatoms. The highest BCUT2D eigenvalue weighted by molar-refractivity contribution is 5.93. The molecule has 5 rings (SSSR count). The lowest BCUT2D eigenvalue weighted by molar-refractivity contribution is -0.127. The number of fused-ring (bicyclic) bond motifs is 2. The number of hydrogen-bond acceptors (Lipinski definition) is 4. The van der Waals surface area contributed by atoms with Crippen LogP contribution in [0.3, 0.4) is 0 Å². The van der Waals surface area contributed by atoms with E-state index in [0.717, 1.165) is 18.7 Å². The molecule has 2 unspecified atom stereocenters. The van der Waals surface area contributed by atoms with Crippen molar-refractivity contribution in [1.29, 1.82) is 0 Å². The molecular weight excluding hydrogens is 370 g/mol. The van der Waals surface area contributed by atoms with Gasteiger partial charge >= 0.3 is 0 Å². The zero-order valence-electron chi connectivity index (χ0n) is 16.8. The number of amides is 2. The van der Waals surface area contributed by atoms with Crippen LogP contribution in [0.1, 0.15) is 55.0 Å². The molecule has 2 fully saturated rings. The van der Waals surface area contributed by atoms with E-state index in [9.17, 15) is 14.7 Å². The van der Waals surface area contributed by atoms with E-state index in [2.05, 4.69) is 14.9 Å². The van der Waals surface area contributed by atoms with Crippen LogP contribution < -0.4 is 5.32 Å². The fraction of sp³-hybridized carbons (Fsp3) is 0.571. The number of carbonyl (C=O) groups excluding carboxylic acids is 2. The number of likely N-dealkylation sites (tertiary alicyclic amines) is 1. The number of rotatable bonds is 5. The fourth-order valence-corrected chi connectivity index (χ4v) is 5.01. The van der Waals surface area contributed by atoms with Crippen LogP contribution >= 0.6 is 0 Å². The van der Waals surface area contributed by atoms with Crippen molar-refractivity contribution in [2.75, 3.05) is 13.1 Å². The van der Waals surface area contributed by atoms with Crippen LogP contribution in [0.5, 0.6) is 0 Å². The summed E-state index contributed by atoms with van der Waals surface area (Å²) < 4.78 is 3.95. The van der Waals surface area contributed by atoms with Crippen LogP contribution in [0.4, 0.5) is 0 Å². The molecule has 0 bridgehead atoms. The summed E-state index contributed by atoms with van der Waals surface area (Å²) in [6.07, 6.45) is 8.35. The van der Waals surface area contributed by atoms with Gasteiger partial charge in [-0.05, 0) is 37.8 Å². The normalized spacial score (nSPS) is 24.1. The number of nitrogens with one attached hydrogen (secondary N) is 1. The third-order valence-corrected chi connectivity index (χ3v) is 6.81. The molecular formula is C21H27N5O3. The van der Waals surface area contributed by atoms with E-state index in [1.165, 1.54) is 0 Å². The summed E-state index contributed by atoms with van der Waals surface area (Å²) in [5.74, 6) is 0.941. The van der Waals surface area contributed by atoms with Crippen LogP contribution in [0.25, 0.3) is 0 Å². The molecule has 8 nitrogen and oxygen atoms in total. The molecule has 2 atom stereocenters. The van der Waals surface area contributed by atoms with Gasteiger partial charge in [-0.1, -0.05) is 0 Å². The molecule has 4 heterocycles. The van der Waals surface area contributed by atoms with Crippen LogP contribution in [-0.4, -0.2) is 54.6 Å². The van der Waals surface area contributed by atoms with Gasteiger partial charge in [0.05, 0.1) is 23.6 Å². The highest BCUT2D eigenvalue weighted by Gasteiger charge is 2.54. The summed E-state index contributed by atoms with van der Waals surface area (Å²) in [5.41, 5.74) is -0.482. The van der Waals surface area contributed by atoms with E-state index in [-0.39, 0.29) is 35.7 Å². The Hall–Kier alpha value is -2.61. The number of aromatic nitrogens is 3. The van der Waals surface area contributed by atoms with Crippen molar-refractivity contribution in [3.63, 3.8) is 0 Å². The lowest BCUT2D eigenvalue weighted by Gasteiger charge is -2.49. The Balaban J connectivity index is 1.27. The minimum absolute atomic E-state index is 0.0257. The van der Waals surface area contributed by atoms with E-state index >= 15 is 0 Å². The molecule has 3 aliphatic rings. The van der Waals surface area contributed by atoms with Gasteiger partial charge in [0.25, 0.3) is 5.91 Å². The molecule has 2 aromatic rings. The quantitative estimate of drug-likeness (QED) is 0.793. The lowest BCUT2D eigenvalue weighted by atomic mass is 9.85. The summed E-state index contributed by atoms with van der Waals surface area (Å²) in [7, 11) is 1.87. The van der Waals surface area contributed by atoms with Crippen molar-refractivity contribution in [3.05, 3.63) is 42.2 Å². The van der Waals surface area contributed by atoms with Crippen LogP contribution in [0.2, 0.25) is 0 Å². The van der Waals surface area contributed by atoms with Crippen molar-refractivity contribution in [3.8, 4) is 0 Å². The second-order valence-electron chi connectivity index (χ2n) is 9.18. The first-order chi connectivity index (χ1) is 13.8. The molecule has 1 saturated carbocycles. The van der Waals surface area contributed by atoms with Crippen molar-refractivity contribution >= 4 is 11.8 Å². The number of aryl methyl sites for hydroxylation is 1. The predicted molar refractivity (Wildman–Crippen MR) is 105 cm³/mol. The van der Waals surface area contributed by atoms with Crippen molar-refractivity contribution in [1.82, 2.24) is 24.3 Å². The third-order valence-electron chi connectivity index (χ3n) is 6.81. The Kier molecular flexibility index (Phi) is 3.93. The summed E-state index contributed by atoms with van der Waals surface area (Å²) in [4.78, 5) is 31.7. The van der Waals surface area contributed by atoms with Gasteiger partial charge in [-0.3, -0.25) is 9.59 Å². The average molecular weight is 397 g/mol. The zero-order valence-corrected chi connectivity index (χ0v) is 16.8. The first-order valence-corrected chi connectivity index (χ1v) is 10.3. The minimum atomic E-state index is -0.940. The van der Waals surface area contributed by atoms with Crippen molar-refractivity contribution in [2.24, 2.45) is 13.0 Å². The second-order valence-corrected chi connectivity index (χ2v) is 9.18. The highest BCUT2D eigenvalue weighted by atomic mass is 16.3. The Morgan fingerprint density at radius 1 is 1.34 bits per heavy atom. The van der Waals surface area contributed by atoms with Crippen molar-refractivity contribution < 1.29 is 14.7 Å². The molecule has 0 radical (unpaired) electrons. The largest absolute Gasteiger partial charge is 0.389 e. The number of carbonyl (C=O) groups is 2. The topological polar surface area (TPSA) is 92.4 Å². The third kappa shape index (κ3) is 2.97. The standard InChI is InChI=1S/C21H27N5O3/c1-20(29,14-5-6-14)11-17(27)23-15-10-21(26-9-7-22-18(15)26)12-25(13-21)19(28)16-4-3-8-24(16)2/h3-4,7-9,14-15,29H,5-6,10-13H2,1-2H3,(H,23,27). The monoisotopic (exact) mass is 397 g/mol. The van der Waals surface area contributed by atoms with Gasteiger partial charge in [-0.2, -0.15) is 0 Å². The maximum Gasteiger partial charge on any atom is 0.270 e. The summed E-state index contributed by atoms with van der Waals surface area (Å²) in [5, 5.41) is 13.6. The summed E-state index contributed by atoms with van der Waals surface area (Å²) >= 11 is 0. The number of nitrogens with zero attached hydrogens (tertiary/aromatic N) is 4. The summed E-state index contributed by atoms with van der Waals surface area (Å²) in [6.45, 7) is 2.96. The van der Waals surface area contributed by atoms with Gasteiger partial charge in [-0.15, -0.1) is 0 Å². The van der Waals surface area contributed by atoms with E-state index in [1.54, 1.807) is 13.1 Å². The van der Waals surface area contributed by atoms with Crippen LogP contribution in [0.15, 0.2) is 30.7 Å². The van der Waals surface area contributed by atoms with E-state index in [1.807, 2.05) is 41.0 Å². The smallest absolute Gasteiger partial charge is 0.270 e. The Bertz CT molecular complexity index is 965. The lowest BCUT2D eigenvalue weighted by Crippen LogP contribution is -2.63. The van der Waals surface area contributed by atoms with E-state index in [0.29, 0.717) is 25.2 Å². The van der Waals surface area contributed by atoms with Gasteiger partial charge in [0.15, 0.2) is 0 Å². The van der Waals surface area contributed by atoms with Gasteiger partial charge < -0.3 is 24.5 Å². The fourth-order valence-electron chi connectivity index (χ4n) is 5.01. The minimum Gasteiger partial charge on any atom is -0.389 e. The molecule has 2 N–H and O–H groups in total. The predicted octanol–water partition coefficient (Wildman–Crippen LogP) is 1.18. The molecule has 0 aromatic carbocycles. The Morgan fingerprint density at radius 2 is 2.10 bits per heavy atom. The van der Waals surface area contributed by atoms with Crippen molar-refractivity contribution in [2.45, 2.75) is 49.8 Å². The van der Waals surface area contributed by atoms with Gasteiger partial charge in [0.2, 0.25) is 5.91 Å². The average Bonchev–Trinajstić information content (AvgIpc) is 3.11. The molecule has 1 aliphatic carbocycles. The van der Waals surface area contributed by atoms with E-state index in [4.69, 9.17) is 0 Å². The SMILES string of the molecule is Cn1cccc1C(=O)N1CC2(CC(NC(=O)CC(C)(O)C3CC3)c3nccn32)C1. The van der Waals surface area contributed by atoms with Gasteiger partial charge in [0.1, 0.15) is 11.5 Å². The maximum absolute atomic E-state index is 12.8. The number of aliphatic hydroxyl groups is 1. The molecule has 154 valence electrons. The van der Waals surface area contributed by atoms with Gasteiger partial charge in [-0.25, -0.2) is 4.98 Å². The molecule has 1 saturated heterocycles. The Labute approximate surface area is 169 Å². The molecule has 2 amide bonds.